The Kier molecular flexibility index (Phi) is 9.71. The zero-order valence-electron chi connectivity index (χ0n) is 27.3. The van der Waals surface area contributed by atoms with Crippen LogP contribution in [0.15, 0.2) is 49.1 Å². The number of carbonyl (C=O) groups excluding carboxylic acids is 1. The molecule has 2 aliphatic heterocycles. The summed E-state index contributed by atoms with van der Waals surface area (Å²) in [6.07, 6.45) is 5.78. The Morgan fingerprint density at radius 1 is 1.15 bits per heavy atom. The number of aryl methyl sites for hydroxylation is 1. The van der Waals surface area contributed by atoms with Gasteiger partial charge in [-0.2, -0.15) is 9.97 Å². The van der Waals surface area contributed by atoms with Crippen LogP contribution in [0.4, 0.5) is 11.5 Å². The highest BCUT2D eigenvalue weighted by Crippen LogP contribution is 2.36. The normalized spacial score (nSPS) is 19.0. The van der Waals surface area contributed by atoms with Gasteiger partial charge in [0.25, 0.3) is 0 Å². The molecule has 3 aliphatic rings. The van der Waals surface area contributed by atoms with Gasteiger partial charge in [-0.25, -0.2) is 6.57 Å². The zero-order valence-corrected chi connectivity index (χ0v) is 27.3. The summed E-state index contributed by atoms with van der Waals surface area (Å²) < 4.78 is 12.0. The van der Waals surface area contributed by atoms with Gasteiger partial charge < -0.3 is 29.0 Å². The number of fused-ring (bicyclic) bond motifs is 2. The molecule has 1 saturated carbocycles. The van der Waals surface area contributed by atoms with Crippen molar-refractivity contribution in [1.82, 2.24) is 19.8 Å². The van der Waals surface area contributed by atoms with E-state index in [0.29, 0.717) is 51.4 Å². The molecular weight excluding hydrogens is 578 g/mol. The van der Waals surface area contributed by atoms with Crippen LogP contribution in [-0.2, 0) is 22.5 Å². The van der Waals surface area contributed by atoms with Gasteiger partial charge in [0.1, 0.15) is 18.5 Å². The second kappa shape index (κ2) is 14.1. The molecule has 1 aliphatic carbocycles. The van der Waals surface area contributed by atoms with Crippen LogP contribution in [0.1, 0.15) is 36.1 Å². The minimum Gasteiger partial charge on any atom is -0.462 e. The number of methoxy groups -OCH3 is 1. The van der Waals surface area contributed by atoms with Crippen LogP contribution in [0, 0.1) is 13.5 Å². The smallest absolute Gasteiger partial charge is 0.318 e. The molecule has 46 heavy (non-hydrogen) atoms. The molecule has 3 heterocycles. The fraction of sp³-hybridized carbons (Fsp3) is 0.500. The number of hydrogen-bond acceptors (Lipinski definition) is 8. The van der Waals surface area contributed by atoms with Crippen LogP contribution < -0.4 is 14.5 Å². The quantitative estimate of drug-likeness (QED) is 0.228. The zero-order chi connectivity index (χ0) is 32.2. The molecule has 1 amide bonds. The third kappa shape index (κ3) is 6.39. The van der Waals surface area contributed by atoms with E-state index >= 15 is 0 Å². The first-order chi connectivity index (χ1) is 22.4. The molecule has 2 atom stereocenters. The second-order valence-corrected chi connectivity index (χ2v) is 12.7. The third-order valence-electron chi connectivity index (χ3n) is 9.99. The number of amides is 1. The summed E-state index contributed by atoms with van der Waals surface area (Å²) in [6.45, 7) is 17.7. The van der Waals surface area contributed by atoms with E-state index in [0.717, 1.165) is 30.0 Å². The lowest BCUT2D eigenvalue weighted by atomic mass is 9.91. The number of hydrogen-bond donors (Lipinski definition) is 0. The van der Waals surface area contributed by atoms with E-state index in [1.807, 2.05) is 0 Å². The van der Waals surface area contributed by atoms with Crippen molar-refractivity contribution < 1.29 is 14.3 Å². The minimum atomic E-state index is -0.243. The molecule has 242 valence electrons. The molecule has 2 fully saturated rings. The van der Waals surface area contributed by atoms with Gasteiger partial charge in [-0.15, -0.1) is 0 Å². The van der Waals surface area contributed by atoms with Gasteiger partial charge in [0.15, 0.2) is 0 Å². The van der Waals surface area contributed by atoms with Gasteiger partial charge in [-0.1, -0.05) is 43.3 Å². The molecule has 6 rings (SSSR count). The van der Waals surface area contributed by atoms with E-state index in [2.05, 4.69) is 76.5 Å². The standard InChI is InChI=1S/C36H45N7O3/c1-6-33(44)43-19-18-42(21-28(43)20-37-3)35-30-16-17-41(32-15-8-12-26-11-7-10-25(2)34(26)32)22-31(30)38-36(39-35)46-24-29(23-45-5)40(4)27-13-9-14-27/h6-8,10-12,15,27-29H,1,9,13-14,16-24H2,2,4-5H3/t28?,29-/m1/s1. The van der Waals surface area contributed by atoms with Crippen LogP contribution in [0.5, 0.6) is 6.01 Å². The lowest BCUT2D eigenvalue weighted by Crippen LogP contribution is -2.56. The average Bonchev–Trinajstić information content (AvgIpc) is 3.04. The topological polar surface area (TPSA) is 78.6 Å². The lowest BCUT2D eigenvalue weighted by Gasteiger charge is -2.41. The van der Waals surface area contributed by atoms with E-state index in [1.54, 1.807) is 12.0 Å². The summed E-state index contributed by atoms with van der Waals surface area (Å²) in [4.78, 5) is 35.1. The molecule has 1 unspecified atom stereocenters. The van der Waals surface area contributed by atoms with Crippen molar-refractivity contribution in [2.45, 2.75) is 57.3 Å². The molecule has 0 radical (unpaired) electrons. The largest absolute Gasteiger partial charge is 0.462 e. The summed E-state index contributed by atoms with van der Waals surface area (Å²) in [7, 11) is 3.89. The predicted molar refractivity (Wildman–Crippen MR) is 181 cm³/mol. The number of aromatic nitrogens is 2. The lowest BCUT2D eigenvalue weighted by molar-refractivity contribution is -0.128. The molecule has 1 saturated heterocycles. The molecule has 0 N–H and O–H groups in total. The van der Waals surface area contributed by atoms with E-state index < -0.39 is 0 Å². The molecule has 0 bridgehead atoms. The highest BCUT2D eigenvalue weighted by atomic mass is 16.5. The van der Waals surface area contributed by atoms with E-state index in [4.69, 9.17) is 26.0 Å². The SMILES string of the molecule is [C-]#[N+]CC1CN(c2nc(OC[C@@H](COC)N(C)C3CCC3)nc3c2CCN(c2cccc4cccc(C)c24)C3)CCN1C(=O)C=C. The number of piperazine rings is 1. The van der Waals surface area contributed by atoms with Gasteiger partial charge in [0, 0.05) is 56.0 Å². The van der Waals surface area contributed by atoms with E-state index in [-0.39, 0.29) is 24.5 Å². The van der Waals surface area contributed by atoms with Crippen LogP contribution >= 0.6 is 0 Å². The highest BCUT2D eigenvalue weighted by Gasteiger charge is 2.35. The van der Waals surface area contributed by atoms with Gasteiger partial charge in [-0.05, 0) is 56.3 Å². The Morgan fingerprint density at radius 3 is 2.67 bits per heavy atom. The van der Waals surface area contributed by atoms with Crippen molar-refractivity contribution in [2.75, 3.05) is 69.9 Å². The summed E-state index contributed by atoms with van der Waals surface area (Å²) in [5.74, 6) is 0.716. The maximum absolute atomic E-state index is 12.6. The number of rotatable bonds is 11. The molecule has 1 aromatic heterocycles. The van der Waals surface area contributed by atoms with Gasteiger partial charge in [0.2, 0.25) is 12.5 Å². The number of ether oxygens (including phenoxy) is 2. The van der Waals surface area contributed by atoms with Gasteiger partial charge in [0.05, 0.1) is 24.9 Å². The number of likely N-dealkylation sites (N-methyl/N-ethyl adjacent to an activating group) is 1. The van der Waals surface area contributed by atoms with Crippen molar-refractivity contribution in [1.29, 1.82) is 0 Å². The summed E-state index contributed by atoms with van der Waals surface area (Å²) in [6, 6.07) is 13.7. The van der Waals surface area contributed by atoms with Crippen molar-refractivity contribution in [3.8, 4) is 6.01 Å². The number of carbonyl (C=O) groups is 1. The fourth-order valence-electron chi connectivity index (χ4n) is 7.14. The summed E-state index contributed by atoms with van der Waals surface area (Å²) >= 11 is 0. The Labute approximate surface area is 272 Å². The Balaban J connectivity index is 1.33. The van der Waals surface area contributed by atoms with Crippen molar-refractivity contribution in [3.05, 3.63) is 77.3 Å². The van der Waals surface area contributed by atoms with Crippen molar-refractivity contribution in [3.63, 3.8) is 0 Å². The predicted octanol–water partition coefficient (Wildman–Crippen LogP) is 4.50. The summed E-state index contributed by atoms with van der Waals surface area (Å²) in [5.41, 5.74) is 4.54. The van der Waals surface area contributed by atoms with E-state index in [9.17, 15) is 4.79 Å². The maximum atomic E-state index is 12.6. The van der Waals surface area contributed by atoms with Gasteiger partial charge >= 0.3 is 6.01 Å². The Hall–Kier alpha value is -4.20. The molecule has 10 heteroatoms. The maximum Gasteiger partial charge on any atom is 0.318 e. The van der Waals surface area contributed by atoms with Crippen LogP contribution in [-0.4, -0.2) is 104 Å². The second-order valence-electron chi connectivity index (χ2n) is 12.7. The number of benzene rings is 2. The van der Waals surface area contributed by atoms with E-state index in [1.165, 1.54) is 47.4 Å². The molecule has 3 aromatic rings. The fourth-order valence-corrected chi connectivity index (χ4v) is 7.14. The van der Waals surface area contributed by atoms with Crippen molar-refractivity contribution in [2.24, 2.45) is 0 Å². The third-order valence-corrected chi connectivity index (χ3v) is 9.99. The van der Waals surface area contributed by atoms with Crippen LogP contribution in [0.3, 0.4) is 0 Å². The molecule has 0 spiro atoms. The Bertz CT molecular complexity index is 1610. The summed E-state index contributed by atoms with van der Waals surface area (Å²) in [5, 5.41) is 2.50. The van der Waals surface area contributed by atoms with Crippen LogP contribution in [0.2, 0.25) is 0 Å². The number of nitrogens with zero attached hydrogens (tertiary/aromatic N) is 7. The Morgan fingerprint density at radius 2 is 1.96 bits per heavy atom. The minimum absolute atomic E-state index is 0.0880. The highest BCUT2D eigenvalue weighted by molar-refractivity contribution is 5.97. The monoisotopic (exact) mass is 623 g/mol. The molecular formula is C36H45N7O3. The number of anilines is 2. The average molecular weight is 624 g/mol. The first-order valence-corrected chi connectivity index (χ1v) is 16.4. The van der Waals surface area contributed by atoms with Crippen LogP contribution in [0.25, 0.3) is 15.6 Å². The molecule has 10 nitrogen and oxygen atoms in total. The van der Waals surface area contributed by atoms with Crippen molar-refractivity contribution >= 4 is 28.2 Å². The van der Waals surface area contributed by atoms with Gasteiger partial charge in [-0.3, -0.25) is 9.69 Å². The first kappa shape index (κ1) is 31.8. The molecule has 2 aromatic carbocycles. The first-order valence-electron chi connectivity index (χ1n) is 16.4.